The Morgan fingerprint density at radius 1 is 1.54 bits per heavy atom. The van der Waals surface area contributed by atoms with Gasteiger partial charge in [0.25, 0.3) is 0 Å². The monoisotopic (exact) mass is 181 g/mol. The number of hydrogen-bond donors (Lipinski definition) is 1. The van der Waals surface area contributed by atoms with Crippen LogP contribution in [0.4, 0.5) is 0 Å². The van der Waals surface area contributed by atoms with E-state index >= 15 is 0 Å². The lowest BCUT2D eigenvalue weighted by molar-refractivity contribution is 0.0341. The molecule has 0 unspecified atom stereocenters. The average molecular weight is 181 g/mol. The van der Waals surface area contributed by atoms with E-state index in [2.05, 4.69) is 22.0 Å². The summed E-state index contributed by atoms with van der Waals surface area (Å²) in [5.74, 6) is 0. The van der Waals surface area contributed by atoms with Gasteiger partial charge in [0, 0.05) is 30.9 Å². The van der Waals surface area contributed by atoms with Crippen LogP contribution in [0.2, 0.25) is 0 Å². The topological polar surface area (TPSA) is 41.2 Å². The number of morpholine rings is 1. The van der Waals surface area contributed by atoms with E-state index in [0.29, 0.717) is 0 Å². The molecule has 1 fully saturated rings. The van der Waals surface area contributed by atoms with E-state index in [1.807, 2.05) is 6.20 Å². The van der Waals surface area contributed by atoms with E-state index in [1.54, 1.807) is 0 Å². The first-order valence-electron chi connectivity index (χ1n) is 4.65. The molecule has 13 heavy (non-hydrogen) atoms. The Labute approximate surface area is 77.9 Å². The predicted octanol–water partition coefficient (Wildman–Crippen LogP) is 0.550. The van der Waals surface area contributed by atoms with Crippen molar-refractivity contribution in [1.29, 1.82) is 0 Å². The molecular formula is C9H15N3O. The Hall–Kier alpha value is -0.870. The molecule has 0 bridgehead atoms. The van der Waals surface area contributed by atoms with Crippen molar-refractivity contribution in [2.75, 3.05) is 26.3 Å². The van der Waals surface area contributed by atoms with Gasteiger partial charge in [-0.2, -0.15) is 5.10 Å². The maximum Gasteiger partial charge on any atom is 0.0594 e. The number of aryl methyl sites for hydroxylation is 1. The van der Waals surface area contributed by atoms with E-state index in [-0.39, 0.29) is 0 Å². The van der Waals surface area contributed by atoms with Crippen LogP contribution in [-0.2, 0) is 11.3 Å². The highest BCUT2D eigenvalue weighted by Crippen LogP contribution is 2.08. The van der Waals surface area contributed by atoms with Gasteiger partial charge in [0.2, 0.25) is 0 Å². The Balaban J connectivity index is 1.93. The summed E-state index contributed by atoms with van der Waals surface area (Å²) in [5.41, 5.74) is 2.47. The molecule has 0 aliphatic carbocycles. The number of hydrogen-bond acceptors (Lipinski definition) is 3. The van der Waals surface area contributed by atoms with Crippen LogP contribution in [0.1, 0.15) is 11.3 Å². The minimum atomic E-state index is 0.858. The Morgan fingerprint density at radius 3 is 2.92 bits per heavy atom. The molecule has 1 N–H and O–H groups in total. The first kappa shape index (κ1) is 8.72. The summed E-state index contributed by atoms with van der Waals surface area (Å²) >= 11 is 0. The van der Waals surface area contributed by atoms with Crippen LogP contribution in [0, 0.1) is 6.92 Å². The minimum absolute atomic E-state index is 0.858. The maximum atomic E-state index is 5.28. The van der Waals surface area contributed by atoms with Crippen molar-refractivity contribution in [3.05, 3.63) is 17.5 Å². The normalized spacial score (nSPS) is 19.2. The van der Waals surface area contributed by atoms with Crippen molar-refractivity contribution in [3.63, 3.8) is 0 Å². The fourth-order valence-corrected chi connectivity index (χ4v) is 1.54. The molecule has 2 rings (SSSR count). The molecule has 1 aromatic heterocycles. The van der Waals surface area contributed by atoms with Crippen LogP contribution in [0.15, 0.2) is 6.20 Å². The van der Waals surface area contributed by atoms with E-state index in [4.69, 9.17) is 4.74 Å². The van der Waals surface area contributed by atoms with Crippen LogP contribution in [0.5, 0.6) is 0 Å². The Bertz CT molecular complexity index is 266. The summed E-state index contributed by atoms with van der Waals surface area (Å²) in [6.07, 6.45) is 1.91. The van der Waals surface area contributed by atoms with Gasteiger partial charge >= 0.3 is 0 Å². The summed E-state index contributed by atoms with van der Waals surface area (Å²) in [6, 6.07) is 0. The molecule has 2 heterocycles. The molecule has 4 heteroatoms. The number of aromatic nitrogens is 2. The Morgan fingerprint density at radius 2 is 2.31 bits per heavy atom. The Kier molecular flexibility index (Phi) is 2.61. The molecule has 0 amide bonds. The molecule has 4 nitrogen and oxygen atoms in total. The second-order valence-corrected chi connectivity index (χ2v) is 3.41. The lowest BCUT2D eigenvalue weighted by atomic mass is 10.2. The highest BCUT2D eigenvalue weighted by Gasteiger charge is 2.12. The zero-order valence-electron chi connectivity index (χ0n) is 7.92. The molecule has 0 aromatic carbocycles. The second-order valence-electron chi connectivity index (χ2n) is 3.41. The van der Waals surface area contributed by atoms with Crippen LogP contribution in [0.25, 0.3) is 0 Å². The van der Waals surface area contributed by atoms with E-state index in [9.17, 15) is 0 Å². The number of nitrogens with one attached hydrogen (secondary N) is 1. The summed E-state index contributed by atoms with van der Waals surface area (Å²) < 4.78 is 5.28. The molecule has 1 saturated heterocycles. The number of aromatic amines is 1. The summed E-state index contributed by atoms with van der Waals surface area (Å²) in [6.45, 7) is 6.83. The predicted molar refractivity (Wildman–Crippen MR) is 49.4 cm³/mol. The van der Waals surface area contributed by atoms with Crippen LogP contribution >= 0.6 is 0 Å². The van der Waals surface area contributed by atoms with Gasteiger partial charge in [0.05, 0.1) is 19.4 Å². The number of H-pyrrole nitrogens is 1. The third-order valence-electron chi connectivity index (χ3n) is 2.43. The molecule has 1 aliphatic rings. The number of rotatable bonds is 2. The summed E-state index contributed by atoms with van der Waals surface area (Å²) in [4.78, 5) is 2.39. The third kappa shape index (κ3) is 2.08. The van der Waals surface area contributed by atoms with Gasteiger partial charge in [-0.15, -0.1) is 0 Å². The molecule has 1 aromatic rings. The van der Waals surface area contributed by atoms with Crippen molar-refractivity contribution in [1.82, 2.24) is 15.1 Å². The molecule has 72 valence electrons. The van der Waals surface area contributed by atoms with E-state index in [0.717, 1.165) is 32.8 Å². The highest BCUT2D eigenvalue weighted by molar-refractivity contribution is 5.13. The van der Waals surface area contributed by atoms with Gasteiger partial charge in [-0.3, -0.25) is 10.00 Å². The molecule has 0 saturated carbocycles. The van der Waals surface area contributed by atoms with E-state index < -0.39 is 0 Å². The summed E-state index contributed by atoms with van der Waals surface area (Å²) in [7, 11) is 0. The van der Waals surface area contributed by atoms with Gasteiger partial charge in [0.1, 0.15) is 0 Å². The van der Waals surface area contributed by atoms with Crippen LogP contribution in [-0.4, -0.2) is 41.4 Å². The molecule has 0 radical (unpaired) electrons. The number of nitrogens with zero attached hydrogens (tertiary/aromatic N) is 2. The number of ether oxygens (including phenoxy) is 1. The largest absolute Gasteiger partial charge is 0.379 e. The van der Waals surface area contributed by atoms with Gasteiger partial charge in [0.15, 0.2) is 0 Å². The summed E-state index contributed by atoms with van der Waals surface area (Å²) in [5, 5.41) is 6.95. The van der Waals surface area contributed by atoms with Gasteiger partial charge in [-0.1, -0.05) is 0 Å². The van der Waals surface area contributed by atoms with Crippen LogP contribution in [0.3, 0.4) is 0 Å². The fraction of sp³-hybridized carbons (Fsp3) is 0.667. The van der Waals surface area contributed by atoms with Gasteiger partial charge in [-0.05, 0) is 6.92 Å². The smallest absolute Gasteiger partial charge is 0.0594 e. The SMILES string of the molecule is Cc1[nH]ncc1CN1CCOCC1. The van der Waals surface area contributed by atoms with E-state index in [1.165, 1.54) is 11.3 Å². The molecule has 0 spiro atoms. The lowest BCUT2D eigenvalue weighted by Crippen LogP contribution is -2.35. The average Bonchev–Trinajstić information content (AvgIpc) is 2.54. The molecular weight excluding hydrogens is 166 g/mol. The van der Waals surface area contributed by atoms with Crippen molar-refractivity contribution in [2.24, 2.45) is 0 Å². The van der Waals surface area contributed by atoms with Crippen LogP contribution < -0.4 is 0 Å². The van der Waals surface area contributed by atoms with Crippen molar-refractivity contribution < 1.29 is 4.74 Å². The fourth-order valence-electron chi connectivity index (χ4n) is 1.54. The molecule has 0 atom stereocenters. The second kappa shape index (κ2) is 3.89. The molecule has 1 aliphatic heterocycles. The quantitative estimate of drug-likeness (QED) is 0.724. The zero-order valence-corrected chi connectivity index (χ0v) is 7.92. The van der Waals surface area contributed by atoms with Crippen molar-refractivity contribution >= 4 is 0 Å². The first-order chi connectivity index (χ1) is 6.36. The standard InChI is InChI=1S/C9H15N3O/c1-8-9(6-10-11-8)7-12-2-4-13-5-3-12/h6H,2-5,7H2,1H3,(H,10,11). The van der Waals surface area contributed by atoms with Crippen molar-refractivity contribution in [2.45, 2.75) is 13.5 Å². The minimum Gasteiger partial charge on any atom is -0.379 e. The third-order valence-corrected chi connectivity index (χ3v) is 2.43. The lowest BCUT2D eigenvalue weighted by Gasteiger charge is -2.26. The van der Waals surface area contributed by atoms with Gasteiger partial charge in [-0.25, -0.2) is 0 Å². The zero-order chi connectivity index (χ0) is 9.10. The van der Waals surface area contributed by atoms with Crippen molar-refractivity contribution in [3.8, 4) is 0 Å². The maximum absolute atomic E-state index is 5.28. The first-order valence-corrected chi connectivity index (χ1v) is 4.65. The highest BCUT2D eigenvalue weighted by atomic mass is 16.5. The van der Waals surface area contributed by atoms with Gasteiger partial charge < -0.3 is 4.74 Å².